The Bertz CT molecular complexity index is 1930. The van der Waals surface area contributed by atoms with Crippen LogP contribution < -0.4 is 15.4 Å². The number of carboxylic acids is 1. The molecule has 9 heteroatoms. The van der Waals surface area contributed by atoms with Gasteiger partial charge in [0, 0.05) is 31.7 Å². The highest BCUT2D eigenvalue weighted by Crippen LogP contribution is 2.77. The number of amides is 2. The van der Waals surface area contributed by atoms with Gasteiger partial charge in [-0.25, -0.2) is 4.79 Å². The van der Waals surface area contributed by atoms with E-state index in [1.54, 1.807) is 18.2 Å². The summed E-state index contributed by atoms with van der Waals surface area (Å²) in [6.07, 6.45) is 10.6. The Labute approximate surface area is 345 Å². The minimum Gasteiger partial charge on any atom is -0.493 e. The molecule has 0 spiro atoms. The number of benzene rings is 2. The van der Waals surface area contributed by atoms with Crippen LogP contribution in [0.4, 0.5) is 0 Å². The van der Waals surface area contributed by atoms with Crippen molar-refractivity contribution in [2.45, 2.75) is 131 Å². The molecule has 9 nitrogen and oxygen atoms in total. The largest absolute Gasteiger partial charge is 0.493 e. The Morgan fingerprint density at radius 2 is 1.57 bits per heavy atom. The van der Waals surface area contributed by atoms with Gasteiger partial charge in [0.25, 0.3) is 5.91 Å². The van der Waals surface area contributed by atoms with Gasteiger partial charge in [-0.2, -0.15) is 0 Å². The van der Waals surface area contributed by atoms with E-state index in [9.17, 15) is 24.6 Å². The first-order valence-corrected chi connectivity index (χ1v) is 22.0. The normalized spacial score (nSPS) is 36.0. The molecule has 0 bridgehead atoms. The average molecular weight is 797 g/mol. The standard InChI is InChI=1S/C49H68N2O7/c1-30(2)34-16-21-49(23-22-47(6)36(41(34)49)13-15-39-46(5)19-18-40(53)45(3,4)38(46)17-20-48(39,47)7)44(57)51-29-31-10-8-11-33(26-31)42(54)50-28-32-12-14-37(58-25-9-24-52)35(27-32)43(55)56/h8,10-12,14,26-27,34,36,38-41,52-53H,1,9,13,15-25,28-29H2,2-7H3,(H,50,54)(H,51,57)(H,55,56)/t34-,36?,38?,39?,40-,41?,46-,47+,48+,49-/m0/s1. The molecule has 5 N–H and O–H groups in total. The van der Waals surface area contributed by atoms with E-state index in [-0.39, 0.29) is 76.6 Å². The lowest BCUT2D eigenvalue weighted by atomic mass is 9.32. The van der Waals surface area contributed by atoms with Crippen molar-refractivity contribution in [1.82, 2.24) is 10.6 Å². The Hall–Kier alpha value is -3.69. The summed E-state index contributed by atoms with van der Waals surface area (Å²) in [5, 5.41) is 36.2. The number of carbonyl (C=O) groups is 3. The van der Waals surface area contributed by atoms with Gasteiger partial charge in [0.05, 0.1) is 18.1 Å². The zero-order chi connectivity index (χ0) is 41.8. The van der Waals surface area contributed by atoms with Crippen LogP contribution in [0.15, 0.2) is 54.6 Å². The van der Waals surface area contributed by atoms with E-state index in [4.69, 9.17) is 9.84 Å². The summed E-state index contributed by atoms with van der Waals surface area (Å²) in [7, 11) is 0. The van der Waals surface area contributed by atoms with Crippen molar-refractivity contribution >= 4 is 17.8 Å². The number of hydrogen-bond acceptors (Lipinski definition) is 6. The molecular formula is C49H68N2O7. The summed E-state index contributed by atoms with van der Waals surface area (Å²) in [5.74, 6) is 1.06. The second-order valence-electron chi connectivity index (χ2n) is 20.3. The summed E-state index contributed by atoms with van der Waals surface area (Å²) in [5.41, 5.74) is 3.09. The molecule has 0 radical (unpaired) electrons. The highest BCUT2D eigenvalue weighted by atomic mass is 16.5. The lowest BCUT2D eigenvalue weighted by molar-refractivity contribution is -0.246. The lowest BCUT2D eigenvalue weighted by Crippen LogP contribution is -2.67. The summed E-state index contributed by atoms with van der Waals surface area (Å²) in [6, 6.07) is 12.1. The number of ether oxygens (including phenoxy) is 1. The number of nitrogens with one attached hydrogen (secondary N) is 2. The molecule has 0 saturated heterocycles. The minimum absolute atomic E-state index is 0.00276. The van der Waals surface area contributed by atoms with E-state index in [2.05, 4.69) is 58.8 Å². The maximum atomic E-state index is 14.8. The third-order valence-corrected chi connectivity index (χ3v) is 17.4. The topological polar surface area (TPSA) is 145 Å². The van der Waals surface area contributed by atoms with Crippen LogP contribution in [0.25, 0.3) is 0 Å². The molecule has 316 valence electrons. The Morgan fingerprint density at radius 3 is 2.29 bits per heavy atom. The molecule has 4 unspecified atom stereocenters. The summed E-state index contributed by atoms with van der Waals surface area (Å²) < 4.78 is 5.53. The fourth-order valence-electron chi connectivity index (χ4n) is 14.2. The third kappa shape index (κ3) is 6.90. The molecule has 2 aromatic carbocycles. The van der Waals surface area contributed by atoms with Gasteiger partial charge in [0.1, 0.15) is 11.3 Å². The number of rotatable bonds is 12. The molecule has 58 heavy (non-hydrogen) atoms. The molecule has 10 atom stereocenters. The van der Waals surface area contributed by atoms with E-state index in [0.717, 1.165) is 56.9 Å². The number of carboxylic acid groups (broad SMARTS) is 1. The van der Waals surface area contributed by atoms with Crippen molar-refractivity contribution in [2.24, 2.45) is 56.7 Å². The first-order chi connectivity index (χ1) is 27.4. The van der Waals surface area contributed by atoms with Crippen LogP contribution in [0.3, 0.4) is 0 Å². The number of fused-ring (bicyclic) bond motifs is 7. The van der Waals surface area contributed by atoms with E-state index >= 15 is 0 Å². The molecule has 0 heterocycles. The lowest BCUT2D eigenvalue weighted by Gasteiger charge is -2.72. The van der Waals surface area contributed by atoms with Gasteiger partial charge >= 0.3 is 5.97 Å². The zero-order valence-corrected chi connectivity index (χ0v) is 35.8. The molecule has 5 aliphatic rings. The predicted octanol–water partition coefficient (Wildman–Crippen LogP) is 8.71. The van der Waals surface area contributed by atoms with Crippen molar-refractivity contribution in [3.8, 4) is 5.75 Å². The van der Waals surface area contributed by atoms with Crippen LogP contribution in [-0.2, 0) is 17.9 Å². The Balaban J connectivity index is 1.05. The average Bonchev–Trinajstić information content (AvgIpc) is 3.60. The molecule has 0 aliphatic heterocycles. The number of carbonyl (C=O) groups excluding carboxylic acids is 2. The second kappa shape index (κ2) is 15.7. The van der Waals surface area contributed by atoms with E-state index in [1.165, 1.54) is 24.5 Å². The third-order valence-electron chi connectivity index (χ3n) is 17.4. The van der Waals surface area contributed by atoms with Gasteiger partial charge in [0.2, 0.25) is 5.91 Å². The van der Waals surface area contributed by atoms with Crippen LogP contribution in [0.5, 0.6) is 5.75 Å². The monoisotopic (exact) mass is 797 g/mol. The summed E-state index contributed by atoms with van der Waals surface area (Å²) in [6.45, 7) is 19.7. The van der Waals surface area contributed by atoms with Gasteiger partial charge in [-0.15, -0.1) is 0 Å². The van der Waals surface area contributed by atoms with Crippen LogP contribution in [0, 0.1) is 56.7 Å². The first-order valence-electron chi connectivity index (χ1n) is 22.0. The van der Waals surface area contributed by atoms with Crippen molar-refractivity contribution in [3.05, 3.63) is 76.9 Å². The van der Waals surface area contributed by atoms with Crippen LogP contribution in [-0.4, -0.2) is 52.4 Å². The fourth-order valence-corrected chi connectivity index (χ4v) is 14.2. The predicted molar refractivity (Wildman–Crippen MR) is 225 cm³/mol. The number of aliphatic hydroxyl groups is 2. The minimum atomic E-state index is -1.13. The summed E-state index contributed by atoms with van der Waals surface area (Å²) in [4.78, 5) is 40.0. The zero-order valence-electron chi connectivity index (χ0n) is 35.8. The maximum Gasteiger partial charge on any atom is 0.339 e. The van der Waals surface area contributed by atoms with Crippen LogP contribution >= 0.6 is 0 Å². The number of aliphatic hydroxyl groups excluding tert-OH is 2. The number of hydrogen-bond donors (Lipinski definition) is 5. The number of aromatic carboxylic acids is 1. The van der Waals surface area contributed by atoms with Crippen LogP contribution in [0.1, 0.15) is 144 Å². The van der Waals surface area contributed by atoms with E-state index < -0.39 is 11.4 Å². The van der Waals surface area contributed by atoms with Gasteiger partial charge in [-0.3, -0.25) is 9.59 Å². The smallest absolute Gasteiger partial charge is 0.339 e. The van der Waals surface area contributed by atoms with Crippen LogP contribution in [0.2, 0.25) is 0 Å². The Kier molecular flexibility index (Phi) is 11.5. The van der Waals surface area contributed by atoms with E-state index in [1.807, 2.05) is 18.2 Å². The highest BCUT2D eigenvalue weighted by Gasteiger charge is 2.71. The van der Waals surface area contributed by atoms with Crippen molar-refractivity contribution in [3.63, 3.8) is 0 Å². The second-order valence-corrected chi connectivity index (χ2v) is 20.3. The Morgan fingerprint density at radius 1 is 0.828 bits per heavy atom. The van der Waals surface area contributed by atoms with Gasteiger partial charge < -0.3 is 30.7 Å². The number of allylic oxidation sites excluding steroid dienone is 1. The first kappa shape index (κ1) is 42.4. The molecule has 0 aromatic heterocycles. The van der Waals surface area contributed by atoms with Crippen molar-refractivity contribution in [2.75, 3.05) is 13.2 Å². The SMILES string of the molecule is C=C(C)[C@@H]1CC[C@]2(C(=O)NCc3cccc(C(=O)NCc4ccc(OCCCO)c(C(=O)O)c4)c3)CC[C@]3(C)C(CCC4[C@@]5(C)CC[C@H](O)C(C)(C)C5CC[C@]43C)C12. The fraction of sp³-hybridized carbons (Fsp3) is 0.653. The highest BCUT2D eigenvalue weighted by molar-refractivity contribution is 5.94. The van der Waals surface area contributed by atoms with Crippen molar-refractivity contribution in [1.29, 1.82) is 0 Å². The molecule has 5 fully saturated rings. The molecule has 2 aromatic rings. The maximum absolute atomic E-state index is 14.8. The summed E-state index contributed by atoms with van der Waals surface area (Å²) >= 11 is 0. The quantitative estimate of drug-likeness (QED) is 0.107. The van der Waals surface area contributed by atoms with Gasteiger partial charge in [-0.05, 0) is 158 Å². The molecule has 5 saturated carbocycles. The van der Waals surface area contributed by atoms with E-state index in [0.29, 0.717) is 47.8 Å². The molecule has 2 amide bonds. The van der Waals surface area contributed by atoms with Gasteiger partial charge in [-0.1, -0.05) is 65.0 Å². The van der Waals surface area contributed by atoms with Crippen molar-refractivity contribution < 1.29 is 34.4 Å². The molecular weight excluding hydrogens is 729 g/mol. The molecule has 5 aliphatic carbocycles. The molecule has 7 rings (SSSR count). The van der Waals surface area contributed by atoms with Gasteiger partial charge in [0.15, 0.2) is 0 Å².